The lowest BCUT2D eigenvalue weighted by Crippen LogP contribution is -2.32. The van der Waals surface area contributed by atoms with Crippen LogP contribution in [0, 0.1) is 6.92 Å². The van der Waals surface area contributed by atoms with Gasteiger partial charge >= 0.3 is 0 Å². The lowest BCUT2D eigenvalue weighted by atomic mass is 10.1. The maximum atomic E-state index is 5.65. The first-order valence-electron chi connectivity index (χ1n) is 4.96. The second kappa shape index (κ2) is 4.52. The number of aromatic nitrogens is 2. The second-order valence-electron chi connectivity index (χ2n) is 3.48. The molecule has 0 unspecified atom stereocenters. The molecule has 0 bridgehead atoms. The number of rotatable bonds is 3. The van der Waals surface area contributed by atoms with Crippen LogP contribution in [0.25, 0.3) is 0 Å². The summed E-state index contributed by atoms with van der Waals surface area (Å²) in [4.78, 5) is 0. The first kappa shape index (κ1) is 9.61. The summed E-state index contributed by atoms with van der Waals surface area (Å²) in [5.74, 6) is 1.16. The number of ether oxygens (including phenoxy) is 1. The molecule has 0 spiro atoms. The van der Waals surface area contributed by atoms with Crippen molar-refractivity contribution in [2.75, 3.05) is 13.1 Å². The molecule has 0 aliphatic carbocycles. The van der Waals surface area contributed by atoms with Gasteiger partial charge in [-0.2, -0.15) is 0 Å². The molecule has 1 aromatic rings. The summed E-state index contributed by atoms with van der Waals surface area (Å²) in [6.45, 7) is 4.29. The Morgan fingerprint density at radius 2 is 2.21 bits per heavy atom. The van der Waals surface area contributed by atoms with Crippen LogP contribution in [-0.2, 0) is 11.3 Å². The Morgan fingerprint density at radius 1 is 1.43 bits per heavy atom. The number of piperidine rings is 1. The molecular weight excluding hydrogens is 182 g/mol. The average molecular weight is 197 g/mol. The van der Waals surface area contributed by atoms with Crippen LogP contribution in [0.4, 0.5) is 0 Å². The van der Waals surface area contributed by atoms with Gasteiger partial charge in [-0.3, -0.25) is 0 Å². The summed E-state index contributed by atoms with van der Waals surface area (Å²) >= 11 is 0. The Kier molecular flexibility index (Phi) is 3.10. The van der Waals surface area contributed by atoms with Crippen LogP contribution in [0.1, 0.15) is 24.6 Å². The molecule has 0 aromatic carbocycles. The average Bonchev–Trinajstić information content (AvgIpc) is 2.63. The number of nitrogens with one attached hydrogen (secondary N) is 1. The Bertz CT molecular complexity index is 281. The lowest BCUT2D eigenvalue weighted by Gasteiger charge is -2.21. The van der Waals surface area contributed by atoms with E-state index in [1.54, 1.807) is 6.92 Å². The molecular formula is C9H15N3O2. The zero-order valence-corrected chi connectivity index (χ0v) is 8.32. The van der Waals surface area contributed by atoms with Crippen molar-refractivity contribution in [2.24, 2.45) is 0 Å². The van der Waals surface area contributed by atoms with Crippen molar-refractivity contribution in [3.63, 3.8) is 0 Å². The molecule has 5 nitrogen and oxygen atoms in total. The van der Waals surface area contributed by atoms with Gasteiger partial charge in [0, 0.05) is 6.92 Å². The quantitative estimate of drug-likeness (QED) is 0.770. The monoisotopic (exact) mass is 197 g/mol. The van der Waals surface area contributed by atoms with Crippen molar-refractivity contribution in [2.45, 2.75) is 32.5 Å². The predicted octanol–water partition coefficient (Wildman–Crippen LogP) is 0.647. The van der Waals surface area contributed by atoms with Gasteiger partial charge in [0.1, 0.15) is 6.61 Å². The number of hydrogen-bond donors (Lipinski definition) is 1. The molecule has 1 N–H and O–H groups in total. The zero-order chi connectivity index (χ0) is 9.80. The van der Waals surface area contributed by atoms with E-state index in [2.05, 4.69) is 15.5 Å². The van der Waals surface area contributed by atoms with Gasteiger partial charge in [0.05, 0.1) is 6.10 Å². The molecule has 1 fully saturated rings. The highest BCUT2D eigenvalue weighted by atomic mass is 16.5. The molecule has 2 rings (SSSR count). The molecule has 0 saturated carbocycles. The van der Waals surface area contributed by atoms with E-state index in [9.17, 15) is 0 Å². The van der Waals surface area contributed by atoms with Crippen molar-refractivity contribution in [3.05, 3.63) is 11.8 Å². The molecule has 2 heterocycles. The predicted molar refractivity (Wildman–Crippen MR) is 49.7 cm³/mol. The van der Waals surface area contributed by atoms with E-state index < -0.39 is 0 Å². The fourth-order valence-corrected chi connectivity index (χ4v) is 1.55. The van der Waals surface area contributed by atoms with E-state index in [1.807, 2.05) is 0 Å². The first-order chi connectivity index (χ1) is 6.84. The SMILES string of the molecule is Cc1nnc(COC2CCNCC2)o1. The Morgan fingerprint density at radius 3 is 2.86 bits per heavy atom. The fraction of sp³-hybridized carbons (Fsp3) is 0.778. The van der Waals surface area contributed by atoms with Crippen LogP contribution in [0.5, 0.6) is 0 Å². The summed E-state index contributed by atoms with van der Waals surface area (Å²) in [6, 6.07) is 0. The molecule has 1 aromatic heterocycles. The molecule has 0 atom stereocenters. The van der Waals surface area contributed by atoms with E-state index in [0.29, 0.717) is 24.5 Å². The fourth-order valence-electron chi connectivity index (χ4n) is 1.55. The Labute approximate surface area is 82.8 Å². The summed E-state index contributed by atoms with van der Waals surface area (Å²) < 4.78 is 10.9. The van der Waals surface area contributed by atoms with Crippen molar-refractivity contribution in [1.82, 2.24) is 15.5 Å². The minimum absolute atomic E-state index is 0.337. The normalized spacial score (nSPS) is 18.6. The highest BCUT2D eigenvalue weighted by Crippen LogP contribution is 2.10. The minimum Gasteiger partial charge on any atom is -0.423 e. The first-order valence-corrected chi connectivity index (χ1v) is 4.96. The van der Waals surface area contributed by atoms with Gasteiger partial charge in [0.2, 0.25) is 11.8 Å². The second-order valence-corrected chi connectivity index (χ2v) is 3.48. The van der Waals surface area contributed by atoms with Gasteiger partial charge in [-0.25, -0.2) is 0 Å². The largest absolute Gasteiger partial charge is 0.423 e. The minimum atomic E-state index is 0.337. The van der Waals surface area contributed by atoms with Crippen LogP contribution in [0.15, 0.2) is 4.42 Å². The van der Waals surface area contributed by atoms with E-state index in [0.717, 1.165) is 25.9 Å². The van der Waals surface area contributed by atoms with Crippen LogP contribution >= 0.6 is 0 Å². The highest BCUT2D eigenvalue weighted by Gasteiger charge is 2.14. The summed E-state index contributed by atoms with van der Waals surface area (Å²) in [5, 5.41) is 10.9. The molecule has 5 heteroatoms. The summed E-state index contributed by atoms with van der Waals surface area (Å²) in [7, 11) is 0. The van der Waals surface area contributed by atoms with Gasteiger partial charge in [-0.05, 0) is 25.9 Å². The third kappa shape index (κ3) is 2.52. The molecule has 1 aliphatic rings. The maximum absolute atomic E-state index is 5.65. The maximum Gasteiger partial charge on any atom is 0.242 e. The van der Waals surface area contributed by atoms with E-state index >= 15 is 0 Å². The Balaban J connectivity index is 1.76. The summed E-state index contributed by atoms with van der Waals surface area (Å²) in [6.07, 6.45) is 2.46. The molecule has 1 aliphatic heterocycles. The third-order valence-corrected chi connectivity index (χ3v) is 2.30. The molecule has 0 amide bonds. The van der Waals surface area contributed by atoms with Crippen molar-refractivity contribution in [1.29, 1.82) is 0 Å². The van der Waals surface area contributed by atoms with E-state index in [-0.39, 0.29) is 0 Å². The van der Waals surface area contributed by atoms with Crippen LogP contribution < -0.4 is 5.32 Å². The lowest BCUT2D eigenvalue weighted by molar-refractivity contribution is 0.0104. The van der Waals surface area contributed by atoms with Gasteiger partial charge < -0.3 is 14.5 Å². The highest BCUT2D eigenvalue weighted by molar-refractivity contribution is 4.77. The smallest absolute Gasteiger partial charge is 0.242 e. The number of nitrogens with zero attached hydrogens (tertiary/aromatic N) is 2. The number of hydrogen-bond acceptors (Lipinski definition) is 5. The van der Waals surface area contributed by atoms with Gasteiger partial charge in [-0.15, -0.1) is 10.2 Å². The van der Waals surface area contributed by atoms with E-state index in [1.165, 1.54) is 0 Å². The third-order valence-electron chi connectivity index (χ3n) is 2.30. The van der Waals surface area contributed by atoms with Gasteiger partial charge in [0.25, 0.3) is 0 Å². The number of aryl methyl sites for hydroxylation is 1. The van der Waals surface area contributed by atoms with Gasteiger partial charge in [0.15, 0.2) is 0 Å². The standard InChI is InChI=1S/C9H15N3O2/c1-7-11-12-9(14-7)6-13-8-2-4-10-5-3-8/h8,10H,2-6H2,1H3. The summed E-state index contributed by atoms with van der Waals surface area (Å²) in [5.41, 5.74) is 0. The topological polar surface area (TPSA) is 60.2 Å². The van der Waals surface area contributed by atoms with Crippen LogP contribution in [0.3, 0.4) is 0 Å². The van der Waals surface area contributed by atoms with E-state index in [4.69, 9.17) is 9.15 Å². The Hall–Kier alpha value is -0.940. The van der Waals surface area contributed by atoms with Gasteiger partial charge in [-0.1, -0.05) is 0 Å². The van der Waals surface area contributed by atoms with Crippen molar-refractivity contribution in [3.8, 4) is 0 Å². The van der Waals surface area contributed by atoms with Crippen molar-refractivity contribution >= 4 is 0 Å². The zero-order valence-electron chi connectivity index (χ0n) is 8.32. The molecule has 0 radical (unpaired) electrons. The molecule has 14 heavy (non-hydrogen) atoms. The van der Waals surface area contributed by atoms with Crippen LogP contribution in [0.2, 0.25) is 0 Å². The van der Waals surface area contributed by atoms with Crippen molar-refractivity contribution < 1.29 is 9.15 Å². The molecule has 1 saturated heterocycles. The molecule has 78 valence electrons. The van der Waals surface area contributed by atoms with Crippen LogP contribution in [-0.4, -0.2) is 29.4 Å².